The van der Waals surface area contributed by atoms with Gasteiger partial charge in [-0.3, -0.25) is 14.6 Å². The number of hydrogen-bond donors (Lipinski definition) is 0. The van der Waals surface area contributed by atoms with Crippen molar-refractivity contribution in [3.8, 4) is 0 Å². The highest BCUT2D eigenvalue weighted by atomic mass is 16.5. The molecule has 80 valence electrons. The summed E-state index contributed by atoms with van der Waals surface area (Å²) in [6.07, 6.45) is 3.39. The van der Waals surface area contributed by atoms with Gasteiger partial charge in [0.25, 0.3) is 0 Å². The Labute approximate surface area is 88.3 Å². The third kappa shape index (κ3) is 3.89. The van der Waals surface area contributed by atoms with Crippen molar-refractivity contribution in [2.75, 3.05) is 6.61 Å². The first kappa shape index (κ1) is 11.4. The van der Waals surface area contributed by atoms with Crippen LogP contribution in [0.15, 0.2) is 24.5 Å². The van der Waals surface area contributed by atoms with Crippen molar-refractivity contribution in [3.63, 3.8) is 0 Å². The summed E-state index contributed by atoms with van der Waals surface area (Å²) in [7, 11) is 0. The molecule has 1 aromatic heterocycles. The highest BCUT2D eigenvalue weighted by Crippen LogP contribution is 2.04. The van der Waals surface area contributed by atoms with Crippen LogP contribution in [0.3, 0.4) is 0 Å². The van der Waals surface area contributed by atoms with Crippen molar-refractivity contribution < 1.29 is 14.3 Å². The number of hydrogen-bond acceptors (Lipinski definition) is 4. The summed E-state index contributed by atoms with van der Waals surface area (Å²) >= 11 is 0. The Bertz CT molecular complexity index is 335. The molecule has 1 rings (SSSR count). The first-order valence-electron chi connectivity index (χ1n) is 4.83. The molecule has 4 heteroatoms. The lowest BCUT2D eigenvalue weighted by molar-refractivity contribution is -0.143. The predicted octanol–water partition coefficient (Wildman–Crippen LogP) is 1.61. The molecule has 1 heterocycles. The Morgan fingerprint density at radius 1 is 1.40 bits per heavy atom. The molecule has 0 N–H and O–H groups in total. The quantitative estimate of drug-likeness (QED) is 0.543. The summed E-state index contributed by atoms with van der Waals surface area (Å²) < 4.78 is 4.72. The molecule has 0 unspecified atom stereocenters. The molecular weight excluding hydrogens is 194 g/mol. The zero-order valence-electron chi connectivity index (χ0n) is 8.60. The third-order valence-electron chi connectivity index (χ3n) is 1.85. The molecule has 0 aliphatic carbocycles. The van der Waals surface area contributed by atoms with E-state index >= 15 is 0 Å². The molecule has 0 amide bonds. The molecule has 0 aliphatic heterocycles. The van der Waals surface area contributed by atoms with Crippen LogP contribution in [0.1, 0.15) is 30.1 Å². The van der Waals surface area contributed by atoms with Crippen LogP contribution in [0.2, 0.25) is 0 Å². The molecule has 0 bridgehead atoms. The number of pyridine rings is 1. The van der Waals surface area contributed by atoms with E-state index in [4.69, 9.17) is 4.74 Å². The number of esters is 1. The van der Waals surface area contributed by atoms with E-state index in [0.717, 1.165) is 0 Å². The Kier molecular flexibility index (Phi) is 4.47. The van der Waals surface area contributed by atoms with Gasteiger partial charge >= 0.3 is 5.97 Å². The monoisotopic (exact) mass is 207 g/mol. The molecule has 0 saturated carbocycles. The molecule has 0 atom stereocenters. The van der Waals surface area contributed by atoms with E-state index in [1.807, 2.05) is 0 Å². The molecule has 0 aliphatic rings. The van der Waals surface area contributed by atoms with Crippen LogP contribution in [0, 0.1) is 0 Å². The zero-order chi connectivity index (χ0) is 11.1. The number of nitrogens with zero attached hydrogens (tertiary/aromatic N) is 1. The average molecular weight is 207 g/mol. The van der Waals surface area contributed by atoms with Gasteiger partial charge in [-0.2, -0.15) is 0 Å². The Balaban J connectivity index is 2.40. The predicted molar refractivity (Wildman–Crippen MR) is 54.4 cm³/mol. The van der Waals surface area contributed by atoms with E-state index in [-0.39, 0.29) is 24.6 Å². The van der Waals surface area contributed by atoms with Gasteiger partial charge in [-0.1, -0.05) is 0 Å². The SMILES string of the molecule is CCOC(=O)CCC(=O)c1cccnc1. The van der Waals surface area contributed by atoms with Crippen molar-refractivity contribution in [2.24, 2.45) is 0 Å². The maximum atomic E-state index is 11.5. The van der Waals surface area contributed by atoms with Crippen LogP contribution >= 0.6 is 0 Å². The van der Waals surface area contributed by atoms with Gasteiger partial charge in [-0.15, -0.1) is 0 Å². The van der Waals surface area contributed by atoms with Gasteiger partial charge in [0.1, 0.15) is 0 Å². The van der Waals surface area contributed by atoms with E-state index in [1.165, 1.54) is 6.20 Å². The van der Waals surface area contributed by atoms with Crippen LogP contribution in [-0.4, -0.2) is 23.3 Å². The highest BCUT2D eigenvalue weighted by molar-refractivity contribution is 5.97. The summed E-state index contributed by atoms with van der Waals surface area (Å²) in [6, 6.07) is 3.37. The number of ether oxygens (including phenoxy) is 1. The number of Topliss-reactive ketones (excluding diaryl/α,β-unsaturated/α-hetero) is 1. The minimum atomic E-state index is -0.338. The van der Waals surface area contributed by atoms with Crippen LogP contribution in [0.25, 0.3) is 0 Å². The number of rotatable bonds is 5. The molecular formula is C11H13NO3. The second-order valence-electron chi connectivity index (χ2n) is 2.97. The molecule has 0 radical (unpaired) electrons. The van der Waals surface area contributed by atoms with Crippen molar-refractivity contribution in [2.45, 2.75) is 19.8 Å². The van der Waals surface area contributed by atoms with Crippen LogP contribution in [0.5, 0.6) is 0 Å². The molecule has 0 fully saturated rings. The van der Waals surface area contributed by atoms with Crippen LogP contribution < -0.4 is 0 Å². The Hall–Kier alpha value is -1.71. The third-order valence-corrected chi connectivity index (χ3v) is 1.85. The fourth-order valence-electron chi connectivity index (χ4n) is 1.12. The summed E-state index contributed by atoms with van der Waals surface area (Å²) in [5.74, 6) is -0.425. The summed E-state index contributed by atoms with van der Waals surface area (Å²) in [4.78, 5) is 26.3. The molecule has 0 saturated heterocycles. The van der Waals surface area contributed by atoms with E-state index < -0.39 is 0 Å². The van der Waals surface area contributed by atoms with Crippen molar-refractivity contribution in [3.05, 3.63) is 30.1 Å². The van der Waals surface area contributed by atoms with E-state index in [1.54, 1.807) is 25.3 Å². The Morgan fingerprint density at radius 2 is 2.20 bits per heavy atom. The first-order chi connectivity index (χ1) is 7.24. The normalized spacial score (nSPS) is 9.67. The van der Waals surface area contributed by atoms with Crippen molar-refractivity contribution >= 4 is 11.8 Å². The van der Waals surface area contributed by atoms with Crippen LogP contribution in [-0.2, 0) is 9.53 Å². The molecule has 15 heavy (non-hydrogen) atoms. The van der Waals surface area contributed by atoms with E-state index in [2.05, 4.69) is 4.98 Å². The van der Waals surface area contributed by atoms with Gasteiger partial charge in [0, 0.05) is 24.4 Å². The fourth-order valence-corrected chi connectivity index (χ4v) is 1.12. The molecule has 1 aromatic rings. The van der Waals surface area contributed by atoms with Gasteiger partial charge in [-0.25, -0.2) is 0 Å². The minimum absolute atomic E-state index is 0.0869. The molecule has 0 spiro atoms. The summed E-state index contributed by atoms with van der Waals surface area (Å²) in [6.45, 7) is 2.08. The molecule has 0 aromatic carbocycles. The molecule has 4 nitrogen and oxygen atoms in total. The first-order valence-corrected chi connectivity index (χ1v) is 4.83. The second-order valence-corrected chi connectivity index (χ2v) is 2.97. The van der Waals surface area contributed by atoms with Gasteiger partial charge < -0.3 is 4.74 Å². The fraction of sp³-hybridized carbons (Fsp3) is 0.364. The maximum Gasteiger partial charge on any atom is 0.306 e. The number of aromatic nitrogens is 1. The van der Waals surface area contributed by atoms with Crippen molar-refractivity contribution in [1.29, 1.82) is 0 Å². The van der Waals surface area contributed by atoms with Crippen molar-refractivity contribution in [1.82, 2.24) is 4.98 Å². The average Bonchev–Trinajstić information content (AvgIpc) is 2.27. The standard InChI is InChI=1S/C11H13NO3/c1-2-15-11(14)6-5-10(13)9-4-3-7-12-8-9/h3-4,7-8H,2,5-6H2,1H3. The lowest BCUT2D eigenvalue weighted by Gasteiger charge is -2.01. The number of ketones is 1. The number of carbonyl (C=O) groups is 2. The minimum Gasteiger partial charge on any atom is -0.466 e. The van der Waals surface area contributed by atoms with Gasteiger partial charge in [0.15, 0.2) is 5.78 Å². The smallest absolute Gasteiger partial charge is 0.306 e. The van der Waals surface area contributed by atoms with E-state index in [9.17, 15) is 9.59 Å². The lowest BCUT2D eigenvalue weighted by atomic mass is 10.1. The van der Waals surface area contributed by atoms with Gasteiger partial charge in [0.05, 0.1) is 13.0 Å². The summed E-state index contributed by atoms with van der Waals surface area (Å²) in [5.41, 5.74) is 0.529. The Morgan fingerprint density at radius 3 is 2.80 bits per heavy atom. The second kappa shape index (κ2) is 5.90. The van der Waals surface area contributed by atoms with Gasteiger partial charge in [0.2, 0.25) is 0 Å². The maximum absolute atomic E-state index is 11.5. The van der Waals surface area contributed by atoms with Gasteiger partial charge in [-0.05, 0) is 19.1 Å². The largest absolute Gasteiger partial charge is 0.466 e. The topological polar surface area (TPSA) is 56.3 Å². The van der Waals surface area contributed by atoms with E-state index in [0.29, 0.717) is 12.2 Å². The van der Waals surface area contributed by atoms with Crippen LogP contribution in [0.4, 0.5) is 0 Å². The zero-order valence-corrected chi connectivity index (χ0v) is 8.60. The lowest BCUT2D eigenvalue weighted by Crippen LogP contribution is -2.08. The summed E-state index contributed by atoms with van der Waals surface area (Å²) in [5, 5.41) is 0. The number of carbonyl (C=O) groups excluding carboxylic acids is 2. The highest BCUT2D eigenvalue weighted by Gasteiger charge is 2.09.